The molecule has 3 aromatic heterocycles. The Labute approximate surface area is 148 Å². The summed E-state index contributed by atoms with van der Waals surface area (Å²) >= 11 is 1.24. The van der Waals surface area contributed by atoms with Crippen LogP contribution < -0.4 is 11.2 Å². The van der Waals surface area contributed by atoms with Gasteiger partial charge in [-0.15, -0.1) is 5.10 Å². The maximum Gasteiger partial charge on any atom is 0.330 e. The zero-order valence-corrected chi connectivity index (χ0v) is 15.3. The molecule has 3 heterocycles. The maximum absolute atomic E-state index is 12.5. The topological polar surface area (TPSA) is 98.5 Å². The summed E-state index contributed by atoms with van der Waals surface area (Å²) < 4.78 is 7.34. The van der Waals surface area contributed by atoms with Crippen molar-refractivity contribution in [3.63, 3.8) is 0 Å². The molecule has 0 saturated heterocycles. The second-order valence-electron chi connectivity index (χ2n) is 6.02. The summed E-state index contributed by atoms with van der Waals surface area (Å²) in [5, 5.41) is 5.91. The van der Waals surface area contributed by atoms with Crippen LogP contribution in [0.25, 0.3) is 22.7 Å². The van der Waals surface area contributed by atoms with Gasteiger partial charge in [-0.2, -0.15) is 0 Å². The molecule has 0 aliphatic rings. The molecule has 9 heteroatoms. The zero-order chi connectivity index (χ0) is 17.8. The van der Waals surface area contributed by atoms with Gasteiger partial charge in [-0.3, -0.25) is 14.3 Å². The van der Waals surface area contributed by atoms with Crippen molar-refractivity contribution in [3.05, 3.63) is 26.2 Å². The van der Waals surface area contributed by atoms with Crippen molar-refractivity contribution in [1.29, 1.82) is 0 Å². The molecule has 0 saturated carbocycles. The smallest absolute Gasteiger partial charge is 0.317 e. The van der Waals surface area contributed by atoms with E-state index in [4.69, 9.17) is 0 Å². The summed E-state index contributed by atoms with van der Waals surface area (Å²) in [6.45, 7) is 5.38. The highest BCUT2D eigenvalue weighted by atomic mass is 32.1. The normalized spacial score (nSPS) is 11.4. The molecule has 0 spiro atoms. The molecular weight excluding hydrogens is 340 g/mol. The first-order valence-electron chi connectivity index (χ1n) is 8.68. The number of rotatable bonds is 8. The van der Waals surface area contributed by atoms with Crippen molar-refractivity contribution in [2.24, 2.45) is 0 Å². The van der Waals surface area contributed by atoms with E-state index in [-0.39, 0.29) is 0 Å². The lowest BCUT2D eigenvalue weighted by Crippen LogP contribution is -2.31. The van der Waals surface area contributed by atoms with Gasteiger partial charge in [0.05, 0.1) is 0 Å². The Kier molecular flexibility index (Phi) is 5.42. The third kappa shape index (κ3) is 3.41. The second kappa shape index (κ2) is 7.73. The number of hydrogen-bond acceptors (Lipinski definition) is 6. The SMILES string of the molecule is CCCCCn1c(-c2csnn2)nc2c1c(=O)[nH]c(=O)n2CCCC. The number of aryl methyl sites for hydroxylation is 2. The highest BCUT2D eigenvalue weighted by molar-refractivity contribution is 7.03. The number of imidazole rings is 1. The minimum atomic E-state index is -0.410. The van der Waals surface area contributed by atoms with Gasteiger partial charge in [0.1, 0.15) is 5.69 Å². The third-order valence-electron chi connectivity index (χ3n) is 4.20. The van der Waals surface area contributed by atoms with Gasteiger partial charge >= 0.3 is 5.69 Å². The summed E-state index contributed by atoms with van der Waals surface area (Å²) in [7, 11) is 0. The fourth-order valence-electron chi connectivity index (χ4n) is 2.89. The molecule has 134 valence electrons. The third-order valence-corrected chi connectivity index (χ3v) is 4.70. The number of nitrogens with one attached hydrogen (secondary N) is 1. The van der Waals surface area contributed by atoms with Gasteiger partial charge in [0.15, 0.2) is 17.0 Å². The lowest BCUT2D eigenvalue weighted by molar-refractivity contribution is 0.606. The van der Waals surface area contributed by atoms with Crippen LogP contribution in [0.15, 0.2) is 15.0 Å². The summed E-state index contributed by atoms with van der Waals surface area (Å²) in [5.74, 6) is 0.598. The Hall–Kier alpha value is -2.29. The highest BCUT2D eigenvalue weighted by Crippen LogP contribution is 2.22. The number of aromatic nitrogens is 6. The number of hydrogen-bond donors (Lipinski definition) is 1. The number of nitrogens with zero attached hydrogens (tertiary/aromatic N) is 5. The average Bonchev–Trinajstić information content (AvgIpc) is 3.22. The Morgan fingerprint density at radius 3 is 2.52 bits per heavy atom. The first-order chi connectivity index (χ1) is 12.2. The largest absolute Gasteiger partial charge is 0.330 e. The van der Waals surface area contributed by atoms with E-state index >= 15 is 0 Å². The molecule has 3 rings (SSSR count). The van der Waals surface area contributed by atoms with Crippen LogP contribution in [-0.4, -0.2) is 28.7 Å². The van der Waals surface area contributed by atoms with E-state index in [2.05, 4.69) is 33.4 Å². The van der Waals surface area contributed by atoms with Crippen molar-refractivity contribution in [2.75, 3.05) is 0 Å². The molecule has 0 aliphatic carbocycles. The van der Waals surface area contributed by atoms with E-state index in [1.165, 1.54) is 11.5 Å². The van der Waals surface area contributed by atoms with Crippen LogP contribution in [0.5, 0.6) is 0 Å². The molecular formula is C16H22N6O2S. The molecule has 0 aromatic carbocycles. The molecule has 1 N–H and O–H groups in total. The van der Waals surface area contributed by atoms with E-state index in [0.29, 0.717) is 35.8 Å². The van der Waals surface area contributed by atoms with Gasteiger partial charge in [-0.25, -0.2) is 9.78 Å². The molecule has 0 radical (unpaired) electrons. The Bertz CT molecular complexity index is 954. The van der Waals surface area contributed by atoms with E-state index in [0.717, 1.165) is 32.1 Å². The van der Waals surface area contributed by atoms with Gasteiger partial charge < -0.3 is 4.57 Å². The van der Waals surface area contributed by atoms with Crippen LogP contribution in [0.4, 0.5) is 0 Å². The van der Waals surface area contributed by atoms with Crippen molar-refractivity contribution in [1.82, 2.24) is 28.7 Å². The number of fused-ring (bicyclic) bond motifs is 1. The minimum absolute atomic E-state index is 0.397. The molecule has 0 amide bonds. The molecule has 0 unspecified atom stereocenters. The van der Waals surface area contributed by atoms with Crippen LogP contribution in [0.2, 0.25) is 0 Å². The van der Waals surface area contributed by atoms with Crippen molar-refractivity contribution >= 4 is 22.7 Å². The van der Waals surface area contributed by atoms with Gasteiger partial charge in [0.25, 0.3) is 5.56 Å². The standard InChI is InChI=1S/C16H22N6O2S/c1-3-5-7-9-21-12-14(17-13(21)11-10-25-20-19-11)22(8-6-4-2)16(24)18-15(12)23/h10H,3-9H2,1-2H3,(H,18,23,24). The molecule has 0 atom stereocenters. The first kappa shape index (κ1) is 17.5. The lowest BCUT2D eigenvalue weighted by Gasteiger charge is -2.07. The van der Waals surface area contributed by atoms with Crippen LogP contribution in [-0.2, 0) is 13.1 Å². The molecule has 0 aliphatic heterocycles. The minimum Gasteiger partial charge on any atom is -0.317 e. The van der Waals surface area contributed by atoms with Crippen molar-refractivity contribution < 1.29 is 0 Å². The maximum atomic E-state index is 12.5. The summed E-state index contributed by atoms with van der Waals surface area (Å²) in [5.41, 5.74) is 0.696. The predicted molar refractivity (Wildman–Crippen MR) is 97.9 cm³/mol. The fourth-order valence-corrected chi connectivity index (χ4v) is 3.33. The monoisotopic (exact) mass is 362 g/mol. The van der Waals surface area contributed by atoms with Gasteiger partial charge in [-0.05, 0) is 24.4 Å². The molecule has 0 bridgehead atoms. The van der Waals surface area contributed by atoms with Crippen LogP contribution in [0.3, 0.4) is 0 Å². The van der Waals surface area contributed by atoms with Crippen LogP contribution >= 0.6 is 11.5 Å². The zero-order valence-electron chi connectivity index (χ0n) is 14.5. The van der Waals surface area contributed by atoms with E-state index in [1.54, 1.807) is 9.95 Å². The Morgan fingerprint density at radius 2 is 1.84 bits per heavy atom. The molecule has 8 nitrogen and oxygen atoms in total. The fraction of sp³-hybridized carbons (Fsp3) is 0.562. The number of aromatic amines is 1. The van der Waals surface area contributed by atoms with Crippen molar-refractivity contribution in [3.8, 4) is 11.5 Å². The number of H-pyrrole nitrogens is 1. The quantitative estimate of drug-likeness (QED) is 0.620. The first-order valence-corrected chi connectivity index (χ1v) is 9.51. The van der Waals surface area contributed by atoms with Crippen LogP contribution in [0, 0.1) is 0 Å². The second-order valence-corrected chi connectivity index (χ2v) is 6.63. The summed E-state index contributed by atoms with van der Waals surface area (Å²) in [6, 6.07) is 0. The lowest BCUT2D eigenvalue weighted by atomic mass is 10.2. The van der Waals surface area contributed by atoms with E-state index < -0.39 is 11.2 Å². The molecule has 0 fully saturated rings. The van der Waals surface area contributed by atoms with Gasteiger partial charge in [-0.1, -0.05) is 37.6 Å². The summed E-state index contributed by atoms with van der Waals surface area (Å²) in [4.78, 5) is 31.8. The molecule has 25 heavy (non-hydrogen) atoms. The van der Waals surface area contributed by atoms with Gasteiger partial charge in [0.2, 0.25) is 0 Å². The van der Waals surface area contributed by atoms with Gasteiger partial charge in [0, 0.05) is 18.5 Å². The molecule has 3 aromatic rings. The van der Waals surface area contributed by atoms with Crippen molar-refractivity contribution in [2.45, 2.75) is 59.0 Å². The number of unbranched alkanes of at least 4 members (excludes halogenated alkanes) is 3. The highest BCUT2D eigenvalue weighted by Gasteiger charge is 2.20. The Balaban J connectivity index is 2.23. The predicted octanol–water partition coefficient (Wildman–Crippen LogP) is 2.40. The Morgan fingerprint density at radius 1 is 1.08 bits per heavy atom. The van der Waals surface area contributed by atoms with Crippen LogP contribution in [0.1, 0.15) is 46.0 Å². The average molecular weight is 362 g/mol. The summed E-state index contributed by atoms with van der Waals surface area (Å²) in [6.07, 6.45) is 4.87. The van der Waals surface area contributed by atoms with E-state index in [9.17, 15) is 9.59 Å². The van der Waals surface area contributed by atoms with E-state index in [1.807, 2.05) is 4.57 Å².